The number of amides is 2. The molecule has 0 radical (unpaired) electrons. The van der Waals surface area contributed by atoms with Crippen molar-refractivity contribution in [2.24, 2.45) is 0 Å². The van der Waals surface area contributed by atoms with E-state index in [2.05, 4.69) is 81.0 Å². The molecule has 2 aromatic heterocycles. The molecule has 2 aliphatic rings. The first-order valence-electron chi connectivity index (χ1n) is 12.5. The van der Waals surface area contributed by atoms with Gasteiger partial charge < -0.3 is 15.1 Å². The van der Waals surface area contributed by atoms with Crippen molar-refractivity contribution in [3.63, 3.8) is 0 Å². The second-order valence-corrected chi connectivity index (χ2v) is 9.81. The first-order chi connectivity index (χ1) is 17.7. The first kappa shape index (κ1) is 22.5. The predicted molar refractivity (Wildman–Crippen MR) is 140 cm³/mol. The maximum absolute atomic E-state index is 13.5. The van der Waals surface area contributed by atoms with Gasteiger partial charge in [0, 0.05) is 61.2 Å². The molecule has 36 heavy (non-hydrogen) atoms. The van der Waals surface area contributed by atoms with Gasteiger partial charge in [-0.3, -0.25) is 10.1 Å². The van der Waals surface area contributed by atoms with E-state index in [1.807, 2.05) is 23.1 Å². The van der Waals surface area contributed by atoms with Crippen molar-refractivity contribution >= 4 is 6.03 Å². The monoisotopic (exact) mass is 478 g/mol. The Labute approximate surface area is 211 Å². The summed E-state index contributed by atoms with van der Waals surface area (Å²) >= 11 is 0. The summed E-state index contributed by atoms with van der Waals surface area (Å²) in [6.07, 6.45) is 4.31. The van der Waals surface area contributed by atoms with Gasteiger partial charge in [0.2, 0.25) is 0 Å². The number of pyridine rings is 1. The third-order valence-electron chi connectivity index (χ3n) is 7.41. The highest BCUT2D eigenvalue weighted by atomic mass is 16.2. The number of likely N-dealkylation sites (tertiary alicyclic amines) is 1. The van der Waals surface area contributed by atoms with Gasteiger partial charge in [0.05, 0.1) is 18.3 Å². The fourth-order valence-corrected chi connectivity index (χ4v) is 5.53. The zero-order chi connectivity index (χ0) is 24.5. The lowest BCUT2D eigenvalue weighted by Crippen LogP contribution is -2.48. The average Bonchev–Trinajstić information content (AvgIpc) is 3.52. The normalized spacial score (nSPS) is 19.8. The number of benzene rings is 2. The molecule has 0 aliphatic carbocycles. The molecular weight excluding hydrogens is 448 g/mol. The number of aromatic nitrogens is 3. The van der Waals surface area contributed by atoms with Crippen LogP contribution in [0.4, 0.5) is 4.79 Å². The summed E-state index contributed by atoms with van der Waals surface area (Å²) in [4.78, 5) is 21.8. The molecule has 0 spiro atoms. The van der Waals surface area contributed by atoms with E-state index in [0.717, 1.165) is 42.0 Å². The maximum Gasteiger partial charge on any atom is 0.317 e. The zero-order valence-electron chi connectivity index (χ0n) is 20.4. The second-order valence-electron chi connectivity index (χ2n) is 9.81. The Balaban J connectivity index is 1.19. The van der Waals surface area contributed by atoms with Crippen LogP contribution in [0.2, 0.25) is 0 Å². The second kappa shape index (κ2) is 9.59. The number of nitrogens with one attached hydrogen (secondary N) is 2. The number of aromatic amines is 1. The van der Waals surface area contributed by atoms with Gasteiger partial charge in [0.1, 0.15) is 0 Å². The van der Waals surface area contributed by atoms with Crippen LogP contribution < -0.4 is 5.32 Å². The molecule has 2 aromatic carbocycles. The molecule has 2 aliphatic heterocycles. The number of rotatable bonds is 4. The third-order valence-corrected chi connectivity index (χ3v) is 7.41. The summed E-state index contributed by atoms with van der Waals surface area (Å²) in [5.41, 5.74) is 7.81. The molecule has 2 amide bonds. The SMILES string of the molecule is CN1C[C@@H](NC(=O)N2CCc3[nH]nc(-c4ccncc4)c3C2)[C@H](c2cccc(-c3ccccc3)c2)C1. The van der Waals surface area contributed by atoms with Gasteiger partial charge >= 0.3 is 6.03 Å². The number of H-pyrrole nitrogens is 1. The van der Waals surface area contributed by atoms with Crippen LogP contribution in [-0.2, 0) is 13.0 Å². The van der Waals surface area contributed by atoms with Gasteiger partial charge in [-0.1, -0.05) is 54.6 Å². The minimum Gasteiger partial charge on any atom is -0.333 e. The summed E-state index contributed by atoms with van der Waals surface area (Å²) in [6, 6.07) is 23.2. The largest absolute Gasteiger partial charge is 0.333 e. The molecule has 2 N–H and O–H groups in total. The maximum atomic E-state index is 13.5. The lowest BCUT2D eigenvalue weighted by molar-refractivity contribution is 0.187. The van der Waals surface area contributed by atoms with Crippen molar-refractivity contribution in [2.45, 2.75) is 24.9 Å². The average molecular weight is 479 g/mol. The van der Waals surface area contributed by atoms with Gasteiger partial charge in [-0.05, 0) is 35.9 Å². The van der Waals surface area contributed by atoms with Crippen LogP contribution in [0.3, 0.4) is 0 Å². The first-order valence-corrected chi connectivity index (χ1v) is 12.5. The van der Waals surface area contributed by atoms with Gasteiger partial charge in [-0.15, -0.1) is 0 Å². The van der Waals surface area contributed by atoms with E-state index in [-0.39, 0.29) is 18.0 Å². The van der Waals surface area contributed by atoms with E-state index in [4.69, 9.17) is 0 Å². The Bertz CT molecular complexity index is 1350. The molecule has 1 fully saturated rings. The van der Waals surface area contributed by atoms with Crippen LogP contribution in [0.15, 0.2) is 79.1 Å². The lowest BCUT2D eigenvalue weighted by atomic mass is 9.91. The Morgan fingerprint density at radius 2 is 1.78 bits per heavy atom. The Morgan fingerprint density at radius 3 is 2.61 bits per heavy atom. The highest BCUT2D eigenvalue weighted by Crippen LogP contribution is 2.31. The Hall–Kier alpha value is -3.97. The van der Waals surface area contributed by atoms with Crippen LogP contribution in [-0.4, -0.2) is 63.7 Å². The molecule has 0 bridgehead atoms. The summed E-state index contributed by atoms with van der Waals surface area (Å²) < 4.78 is 0. The number of urea groups is 1. The van der Waals surface area contributed by atoms with E-state index in [1.54, 1.807) is 12.4 Å². The number of carbonyl (C=O) groups excluding carboxylic acids is 1. The van der Waals surface area contributed by atoms with E-state index >= 15 is 0 Å². The van der Waals surface area contributed by atoms with E-state index in [9.17, 15) is 4.79 Å². The van der Waals surface area contributed by atoms with Crippen molar-refractivity contribution in [1.82, 2.24) is 30.3 Å². The molecular formula is C29H30N6O. The van der Waals surface area contributed by atoms with Crippen LogP contribution >= 0.6 is 0 Å². The van der Waals surface area contributed by atoms with Crippen LogP contribution in [0.25, 0.3) is 22.4 Å². The standard InChI is InChI=1S/C29H30N6O/c1-34-17-24(23-9-5-8-22(16-23)20-6-3-2-4-7-20)27(19-34)31-29(36)35-15-12-26-25(18-35)28(33-32-26)21-10-13-30-14-11-21/h2-11,13-14,16,24,27H,12,15,17-19H2,1H3,(H,31,36)(H,32,33)/t24-,27+/m0/s1. The summed E-state index contributed by atoms with van der Waals surface area (Å²) in [5, 5.41) is 11.1. The molecule has 4 aromatic rings. The van der Waals surface area contributed by atoms with Crippen LogP contribution in [0, 0.1) is 0 Å². The van der Waals surface area contributed by atoms with Crippen molar-refractivity contribution in [3.05, 3.63) is 95.9 Å². The summed E-state index contributed by atoms with van der Waals surface area (Å²) in [6.45, 7) is 2.97. The minimum atomic E-state index is -0.00737. The summed E-state index contributed by atoms with van der Waals surface area (Å²) in [5.74, 6) is 0.240. The molecule has 0 saturated carbocycles. The van der Waals surface area contributed by atoms with Gasteiger partial charge in [0.15, 0.2) is 0 Å². The number of likely N-dealkylation sites (N-methyl/N-ethyl adjacent to an activating group) is 1. The Morgan fingerprint density at radius 1 is 0.972 bits per heavy atom. The highest BCUT2D eigenvalue weighted by Gasteiger charge is 2.35. The van der Waals surface area contributed by atoms with Crippen molar-refractivity contribution in [3.8, 4) is 22.4 Å². The van der Waals surface area contributed by atoms with Gasteiger partial charge in [-0.2, -0.15) is 5.10 Å². The van der Waals surface area contributed by atoms with Crippen molar-refractivity contribution in [1.29, 1.82) is 0 Å². The Kier molecular flexibility index (Phi) is 5.99. The fraction of sp³-hybridized carbons (Fsp3) is 0.276. The number of hydrogen-bond donors (Lipinski definition) is 2. The molecule has 182 valence electrons. The molecule has 4 heterocycles. The quantitative estimate of drug-likeness (QED) is 0.458. The number of nitrogens with zero attached hydrogens (tertiary/aromatic N) is 4. The number of carbonyl (C=O) groups is 1. The molecule has 7 nitrogen and oxygen atoms in total. The van der Waals surface area contributed by atoms with E-state index in [0.29, 0.717) is 13.1 Å². The van der Waals surface area contributed by atoms with Crippen molar-refractivity contribution in [2.75, 3.05) is 26.7 Å². The predicted octanol–water partition coefficient (Wildman–Crippen LogP) is 4.30. The van der Waals surface area contributed by atoms with Crippen molar-refractivity contribution < 1.29 is 4.79 Å². The third kappa shape index (κ3) is 4.38. The van der Waals surface area contributed by atoms with E-state index in [1.165, 1.54) is 16.7 Å². The molecule has 1 saturated heterocycles. The highest BCUT2D eigenvalue weighted by molar-refractivity contribution is 5.76. The number of hydrogen-bond acceptors (Lipinski definition) is 4. The van der Waals surface area contributed by atoms with Crippen LogP contribution in [0.5, 0.6) is 0 Å². The molecule has 0 unspecified atom stereocenters. The number of fused-ring (bicyclic) bond motifs is 1. The van der Waals surface area contributed by atoms with Gasteiger partial charge in [-0.25, -0.2) is 4.79 Å². The molecule has 2 atom stereocenters. The van der Waals surface area contributed by atoms with E-state index < -0.39 is 0 Å². The molecule has 6 rings (SSSR count). The van der Waals surface area contributed by atoms with Gasteiger partial charge in [0.25, 0.3) is 0 Å². The summed E-state index contributed by atoms with van der Waals surface area (Å²) in [7, 11) is 2.12. The fourth-order valence-electron chi connectivity index (χ4n) is 5.53. The lowest BCUT2D eigenvalue weighted by Gasteiger charge is -2.30. The smallest absolute Gasteiger partial charge is 0.317 e. The topological polar surface area (TPSA) is 77.2 Å². The molecule has 7 heteroatoms. The minimum absolute atomic E-state index is 0.00737. The van der Waals surface area contributed by atoms with Crippen LogP contribution in [0.1, 0.15) is 22.7 Å². The zero-order valence-corrected chi connectivity index (χ0v) is 20.4.